The predicted molar refractivity (Wildman–Crippen MR) is 131 cm³/mol. The number of aliphatic imine (C=N–C) groups is 1. The van der Waals surface area contributed by atoms with Crippen molar-refractivity contribution in [3.63, 3.8) is 0 Å². The van der Waals surface area contributed by atoms with E-state index in [-0.39, 0.29) is 29.8 Å². The smallest absolute Gasteiger partial charge is 0.189 e. The first-order valence-electron chi connectivity index (χ1n) is 10.4. The third kappa shape index (κ3) is 5.96. The summed E-state index contributed by atoms with van der Waals surface area (Å²) in [7, 11) is 0. The van der Waals surface area contributed by atoms with Crippen molar-refractivity contribution in [3.05, 3.63) is 54.0 Å². The summed E-state index contributed by atoms with van der Waals surface area (Å²) in [6.45, 7) is 4.07. The summed E-state index contributed by atoms with van der Waals surface area (Å²) in [4.78, 5) is 13.6. The fourth-order valence-electron chi connectivity index (χ4n) is 4.08. The highest BCUT2D eigenvalue weighted by atomic mass is 127. The molecule has 3 N–H and O–H groups in total. The summed E-state index contributed by atoms with van der Waals surface area (Å²) in [6, 6.07) is 11.3. The van der Waals surface area contributed by atoms with Gasteiger partial charge in [0.2, 0.25) is 0 Å². The Labute approximate surface area is 194 Å². The third-order valence-corrected chi connectivity index (χ3v) is 5.74. The number of nitrogens with two attached hydrogens (primary N) is 1. The van der Waals surface area contributed by atoms with Crippen LogP contribution in [0.5, 0.6) is 0 Å². The van der Waals surface area contributed by atoms with Gasteiger partial charge in [0.25, 0.3) is 0 Å². The average Bonchev–Trinajstić information content (AvgIpc) is 3.26. The molecule has 1 aromatic heterocycles. The zero-order valence-electron chi connectivity index (χ0n) is 17.1. The van der Waals surface area contributed by atoms with Gasteiger partial charge in [-0.2, -0.15) is 0 Å². The van der Waals surface area contributed by atoms with Crippen molar-refractivity contribution >= 4 is 41.4 Å². The van der Waals surface area contributed by atoms with Gasteiger partial charge in [-0.3, -0.25) is 0 Å². The van der Waals surface area contributed by atoms with Crippen LogP contribution < -0.4 is 20.9 Å². The Morgan fingerprint density at radius 3 is 2.43 bits per heavy atom. The molecule has 6 nitrogen and oxygen atoms in total. The van der Waals surface area contributed by atoms with Gasteiger partial charge in [-0.1, -0.05) is 12.8 Å². The minimum absolute atomic E-state index is 0. The highest BCUT2D eigenvalue weighted by molar-refractivity contribution is 14.0. The fourth-order valence-corrected chi connectivity index (χ4v) is 4.08. The van der Waals surface area contributed by atoms with Gasteiger partial charge in [0, 0.05) is 44.1 Å². The Balaban J connectivity index is 0.00000256. The maximum Gasteiger partial charge on any atom is 0.189 e. The number of anilines is 2. The number of pyridine rings is 1. The third-order valence-electron chi connectivity index (χ3n) is 5.74. The molecule has 0 atom stereocenters. The number of guanidine groups is 1. The number of halogens is 2. The first-order chi connectivity index (χ1) is 14.2. The van der Waals surface area contributed by atoms with E-state index in [2.05, 4.69) is 31.2 Å². The van der Waals surface area contributed by atoms with Gasteiger partial charge in [0.15, 0.2) is 5.96 Å². The molecule has 1 aliphatic heterocycles. The van der Waals surface area contributed by atoms with E-state index in [9.17, 15) is 4.39 Å². The molecule has 1 saturated heterocycles. The number of nitrogens with one attached hydrogen (secondary N) is 1. The molecule has 1 saturated carbocycles. The van der Waals surface area contributed by atoms with Crippen molar-refractivity contribution in [3.8, 4) is 0 Å². The highest BCUT2D eigenvalue weighted by Crippen LogP contribution is 2.21. The largest absolute Gasteiger partial charge is 0.370 e. The molecule has 30 heavy (non-hydrogen) atoms. The quantitative estimate of drug-likeness (QED) is 0.356. The van der Waals surface area contributed by atoms with E-state index in [0.29, 0.717) is 18.5 Å². The minimum Gasteiger partial charge on any atom is -0.370 e. The van der Waals surface area contributed by atoms with Crippen LogP contribution in [0.2, 0.25) is 0 Å². The summed E-state index contributed by atoms with van der Waals surface area (Å²) in [5.41, 5.74) is 8.21. The topological polar surface area (TPSA) is 69.8 Å². The second-order valence-electron chi connectivity index (χ2n) is 7.80. The van der Waals surface area contributed by atoms with Crippen LogP contribution in [-0.4, -0.2) is 43.2 Å². The Kier molecular flexibility index (Phi) is 8.12. The zero-order chi connectivity index (χ0) is 20.1. The minimum atomic E-state index is -0.199. The number of aromatic nitrogens is 1. The SMILES string of the molecule is I.NC(=NCc1ccnc(N2CCN(c3ccc(F)cc3)CC2)c1)NC1CCCC1. The maximum atomic E-state index is 13.1. The first kappa shape index (κ1) is 22.6. The molecule has 8 heteroatoms. The molecule has 162 valence electrons. The molecular weight excluding hydrogens is 494 g/mol. The van der Waals surface area contributed by atoms with Crippen molar-refractivity contribution in [2.45, 2.75) is 38.3 Å². The Bertz CT molecular complexity index is 830. The van der Waals surface area contributed by atoms with E-state index < -0.39 is 0 Å². The van der Waals surface area contributed by atoms with Crippen molar-refractivity contribution in [2.24, 2.45) is 10.7 Å². The average molecular weight is 524 g/mol. The zero-order valence-corrected chi connectivity index (χ0v) is 19.5. The summed E-state index contributed by atoms with van der Waals surface area (Å²) in [6.07, 6.45) is 6.74. The van der Waals surface area contributed by atoms with Crippen LogP contribution in [0, 0.1) is 5.82 Å². The van der Waals surface area contributed by atoms with E-state index in [4.69, 9.17) is 5.73 Å². The van der Waals surface area contributed by atoms with Crippen molar-refractivity contribution < 1.29 is 4.39 Å². The number of nitrogens with zero attached hydrogens (tertiary/aromatic N) is 4. The van der Waals surface area contributed by atoms with Crippen LogP contribution in [0.1, 0.15) is 31.2 Å². The number of hydrogen-bond donors (Lipinski definition) is 2. The van der Waals surface area contributed by atoms with Gasteiger partial charge in [0.05, 0.1) is 6.54 Å². The molecule has 2 aromatic rings. The molecule has 0 bridgehead atoms. The van der Waals surface area contributed by atoms with Crippen molar-refractivity contribution in [2.75, 3.05) is 36.0 Å². The lowest BCUT2D eigenvalue weighted by atomic mass is 10.2. The Hall–Kier alpha value is -2.10. The van der Waals surface area contributed by atoms with Crippen molar-refractivity contribution in [1.82, 2.24) is 10.3 Å². The van der Waals surface area contributed by atoms with E-state index in [1.165, 1.54) is 37.8 Å². The van der Waals surface area contributed by atoms with Gasteiger partial charge >= 0.3 is 0 Å². The number of benzene rings is 1. The second-order valence-corrected chi connectivity index (χ2v) is 7.80. The van der Waals surface area contributed by atoms with Crippen LogP contribution in [0.15, 0.2) is 47.6 Å². The summed E-state index contributed by atoms with van der Waals surface area (Å²) < 4.78 is 13.1. The highest BCUT2D eigenvalue weighted by Gasteiger charge is 2.19. The molecule has 4 rings (SSSR count). The molecule has 1 aromatic carbocycles. The number of rotatable bonds is 5. The number of hydrogen-bond acceptors (Lipinski definition) is 4. The van der Waals surface area contributed by atoms with E-state index in [1.54, 1.807) is 0 Å². The molecule has 2 fully saturated rings. The predicted octanol–water partition coefficient (Wildman–Crippen LogP) is 3.51. The van der Waals surface area contributed by atoms with Gasteiger partial charge in [0.1, 0.15) is 11.6 Å². The van der Waals surface area contributed by atoms with Crippen LogP contribution in [-0.2, 0) is 6.54 Å². The molecule has 2 aliphatic rings. The van der Waals surface area contributed by atoms with E-state index in [1.807, 2.05) is 24.4 Å². The van der Waals surface area contributed by atoms with Crippen LogP contribution in [0.4, 0.5) is 15.9 Å². The van der Waals surface area contributed by atoms with Crippen LogP contribution in [0.25, 0.3) is 0 Å². The first-order valence-corrected chi connectivity index (χ1v) is 10.4. The monoisotopic (exact) mass is 524 g/mol. The second kappa shape index (κ2) is 10.8. The lowest BCUT2D eigenvalue weighted by Crippen LogP contribution is -2.46. The Morgan fingerprint density at radius 2 is 1.73 bits per heavy atom. The standard InChI is InChI=1S/C22H29FN6.HI/c23-18-5-7-20(8-6-18)28-11-13-29(14-12-28)21-15-17(9-10-25-21)16-26-22(24)27-19-3-1-2-4-19;/h5-10,15,19H,1-4,11-14,16H2,(H3,24,26,27);1H. The fraction of sp³-hybridized carbons (Fsp3) is 0.455. The molecule has 0 radical (unpaired) electrons. The normalized spacial score (nSPS) is 17.7. The van der Waals surface area contributed by atoms with E-state index in [0.717, 1.165) is 43.2 Å². The maximum absolute atomic E-state index is 13.1. The molecule has 0 amide bonds. The van der Waals surface area contributed by atoms with Crippen LogP contribution >= 0.6 is 24.0 Å². The molecular formula is C22H30FIN6. The summed E-state index contributed by atoms with van der Waals surface area (Å²) in [5.74, 6) is 1.30. The van der Waals surface area contributed by atoms with E-state index >= 15 is 0 Å². The van der Waals surface area contributed by atoms with Crippen molar-refractivity contribution in [1.29, 1.82) is 0 Å². The van der Waals surface area contributed by atoms with Gasteiger partial charge in [-0.05, 0) is 54.8 Å². The van der Waals surface area contributed by atoms with Gasteiger partial charge in [-0.15, -0.1) is 24.0 Å². The summed E-state index contributed by atoms with van der Waals surface area (Å²) >= 11 is 0. The lowest BCUT2D eigenvalue weighted by Gasteiger charge is -2.36. The Morgan fingerprint density at radius 1 is 1.07 bits per heavy atom. The van der Waals surface area contributed by atoms with Gasteiger partial charge in [-0.25, -0.2) is 14.4 Å². The molecule has 0 unspecified atom stereocenters. The number of piperazine rings is 1. The molecule has 1 aliphatic carbocycles. The lowest BCUT2D eigenvalue weighted by molar-refractivity contribution is 0.624. The van der Waals surface area contributed by atoms with Gasteiger partial charge < -0.3 is 20.9 Å². The molecule has 2 heterocycles. The van der Waals surface area contributed by atoms with Crippen LogP contribution in [0.3, 0.4) is 0 Å². The molecule has 0 spiro atoms. The summed E-state index contributed by atoms with van der Waals surface area (Å²) in [5, 5.41) is 3.32.